The summed E-state index contributed by atoms with van der Waals surface area (Å²) in [7, 11) is -4.52. The second-order valence-corrected chi connectivity index (χ2v) is 14.2. The first-order valence-electron chi connectivity index (χ1n) is 13.6. The molecule has 0 unspecified atom stereocenters. The van der Waals surface area contributed by atoms with Gasteiger partial charge in [0.05, 0.1) is 11.2 Å². The highest BCUT2D eigenvalue weighted by Crippen LogP contribution is 2.46. The molecule has 5 rings (SSSR count). The summed E-state index contributed by atoms with van der Waals surface area (Å²) in [5.41, 5.74) is 4.79. The van der Waals surface area contributed by atoms with Crippen LogP contribution in [0.1, 0.15) is 83.1 Å². The monoisotopic (exact) mass is 542 g/mol. The molecule has 1 aromatic carbocycles. The van der Waals surface area contributed by atoms with Gasteiger partial charge in [0.25, 0.3) is 10.0 Å². The highest BCUT2D eigenvalue weighted by molar-refractivity contribution is 7.90. The molecule has 1 aliphatic heterocycles. The number of rotatable bonds is 7. The van der Waals surface area contributed by atoms with E-state index in [1.807, 2.05) is 27.7 Å². The number of aromatic nitrogens is 2. The number of hydrogen-bond acceptors (Lipinski definition) is 6. The summed E-state index contributed by atoms with van der Waals surface area (Å²) in [6.45, 7) is 12.7. The lowest BCUT2D eigenvalue weighted by molar-refractivity contribution is 0.00578. The molecule has 2 heterocycles. The van der Waals surface area contributed by atoms with Gasteiger partial charge < -0.3 is 14.6 Å². The molecule has 1 fully saturated rings. The van der Waals surface area contributed by atoms with E-state index in [0.717, 1.165) is 55.3 Å². The van der Waals surface area contributed by atoms with E-state index in [4.69, 9.17) is 9.31 Å². The van der Waals surface area contributed by atoms with Gasteiger partial charge in [0.1, 0.15) is 0 Å². The zero-order valence-corrected chi connectivity index (χ0v) is 24.1. The highest BCUT2D eigenvalue weighted by Gasteiger charge is 2.56. The van der Waals surface area contributed by atoms with Gasteiger partial charge in [-0.3, -0.25) is 4.68 Å². The van der Waals surface area contributed by atoms with Gasteiger partial charge in [0.15, 0.2) is 5.03 Å². The molecule has 0 spiro atoms. The molecule has 1 saturated heterocycles. The molecular weight excluding hydrogens is 503 g/mol. The van der Waals surface area contributed by atoms with Crippen molar-refractivity contribution in [3.63, 3.8) is 0 Å². The first-order valence-corrected chi connectivity index (χ1v) is 15.1. The Bertz CT molecular complexity index is 1320. The SMILES string of the molecule is CC(C)(CCn1ccc(S(=O)(=O)NC(=O)Nc2c3c(cc4c2CCC4)CCC3)n1)B1OC(C)(C)C(C)(C)O1. The second-order valence-electron chi connectivity index (χ2n) is 12.5. The van der Waals surface area contributed by atoms with Crippen molar-refractivity contribution >= 4 is 28.9 Å². The van der Waals surface area contributed by atoms with Crippen LogP contribution >= 0.6 is 0 Å². The van der Waals surface area contributed by atoms with Crippen LogP contribution in [0, 0.1) is 0 Å². The lowest BCUT2D eigenvalue weighted by Crippen LogP contribution is -2.41. The summed E-state index contributed by atoms with van der Waals surface area (Å²) in [5, 5.41) is 6.60. The smallest absolute Gasteiger partial charge is 0.403 e. The van der Waals surface area contributed by atoms with Crippen LogP contribution in [0.25, 0.3) is 0 Å². The second kappa shape index (κ2) is 9.38. The molecule has 11 heteroatoms. The molecule has 2 N–H and O–H groups in total. The van der Waals surface area contributed by atoms with Crippen molar-refractivity contribution in [2.45, 2.75) is 115 Å². The van der Waals surface area contributed by atoms with Crippen LogP contribution < -0.4 is 10.0 Å². The fourth-order valence-corrected chi connectivity index (χ4v) is 6.43. The Hall–Kier alpha value is -2.37. The highest BCUT2D eigenvalue weighted by atomic mass is 32.2. The van der Waals surface area contributed by atoms with E-state index in [1.165, 1.54) is 17.2 Å². The summed E-state index contributed by atoms with van der Waals surface area (Å²) in [6.07, 6.45) is 8.17. The van der Waals surface area contributed by atoms with E-state index in [0.29, 0.717) is 13.0 Å². The predicted molar refractivity (Wildman–Crippen MR) is 147 cm³/mol. The number of nitrogens with one attached hydrogen (secondary N) is 2. The maximum absolute atomic E-state index is 13.0. The van der Waals surface area contributed by atoms with Gasteiger partial charge >= 0.3 is 13.1 Å². The number of carbonyl (C=O) groups excluding carboxylic acids is 1. The molecule has 1 aromatic heterocycles. The summed E-state index contributed by atoms with van der Waals surface area (Å²) in [5.74, 6) is 0. The molecule has 0 radical (unpaired) electrons. The molecule has 2 amide bonds. The minimum Gasteiger partial charge on any atom is -0.403 e. The van der Waals surface area contributed by atoms with E-state index in [1.54, 1.807) is 10.9 Å². The third kappa shape index (κ3) is 5.00. The maximum atomic E-state index is 13.0. The Labute approximate surface area is 226 Å². The number of amides is 2. The fraction of sp³-hybridized carbons (Fsp3) is 0.630. The van der Waals surface area contributed by atoms with E-state index in [9.17, 15) is 13.2 Å². The number of benzene rings is 1. The Morgan fingerprint density at radius 2 is 1.63 bits per heavy atom. The van der Waals surface area contributed by atoms with Crippen molar-refractivity contribution in [1.82, 2.24) is 14.5 Å². The average molecular weight is 543 g/mol. The number of sulfonamides is 1. The predicted octanol–water partition coefficient (Wildman–Crippen LogP) is 4.63. The number of nitrogens with zero attached hydrogens (tertiary/aromatic N) is 2. The quantitative estimate of drug-likeness (QED) is 0.494. The van der Waals surface area contributed by atoms with Gasteiger partial charge in [-0.15, -0.1) is 0 Å². The standard InChI is InChI=1S/C27H39BN4O5S/c1-25(2,28-36-26(3,4)27(5,6)37-28)14-16-32-15-13-22(30-32)38(34,35)31-24(33)29-23-20-11-7-9-18(20)17-19-10-8-12-21(19)23/h13,15,17H,7-12,14,16H2,1-6H3,(H2,29,31,33). The van der Waals surface area contributed by atoms with Gasteiger partial charge in [-0.2, -0.15) is 13.5 Å². The van der Waals surface area contributed by atoms with Crippen LogP contribution in [0.4, 0.5) is 10.5 Å². The number of urea groups is 1. The molecule has 38 heavy (non-hydrogen) atoms. The Morgan fingerprint density at radius 3 is 2.21 bits per heavy atom. The number of aryl methyl sites for hydroxylation is 3. The third-order valence-corrected chi connectivity index (χ3v) is 9.93. The normalized spacial score (nSPS) is 19.9. The lowest BCUT2D eigenvalue weighted by atomic mass is 9.58. The van der Waals surface area contributed by atoms with Crippen molar-refractivity contribution in [3.8, 4) is 0 Å². The molecule has 9 nitrogen and oxygen atoms in total. The number of carbonyl (C=O) groups is 1. The van der Waals surface area contributed by atoms with Crippen LogP contribution in [0.2, 0.25) is 5.31 Å². The van der Waals surface area contributed by atoms with E-state index in [2.05, 4.69) is 35.1 Å². The zero-order valence-electron chi connectivity index (χ0n) is 23.3. The topological polar surface area (TPSA) is 112 Å². The van der Waals surface area contributed by atoms with Crippen molar-refractivity contribution in [2.24, 2.45) is 0 Å². The van der Waals surface area contributed by atoms with Crippen molar-refractivity contribution in [2.75, 3.05) is 5.32 Å². The molecule has 0 atom stereocenters. The zero-order chi connectivity index (χ0) is 27.5. The van der Waals surface area contributed by atoms with Gasteiger partial charge in [0.2, 0.25) is 0 Å². The largest absolute Gasteiger partial charge is 0.464 e. The Morgan fingerprint density at radius 1 is 1.05 bits per heavy atom. The van der Waals surface area contributed by atoms with Gasteiger partial charge in [-0.1, -0.05) is 19.9 Å². The van der Waals surface area contributed by atoms with E-state index in [-0.39, 0.29) is 10.3 Å². The van der Waals surface area contributed by atoms with Gasteiger partial charge in [-0.05, 0) is 101 Å². The number of hydrogen-bond donors (Lipinski definition) is 2. The first-order chi connectivity index (χ1) is 17.7. The van der Waals surface area contributed by atoms with Crippen molar-refractivity contribution in [1.29, 1.82) is 0 Å². The number of anilines is 1. The molecular formula is C27H39BN4O5S. The van der Waals surface area contributed by atoms with Gasteiger partial charge in [0, 0.05) is 23.7 Å². The molecule has 0 bridgehead atoms. The maximum Gasteiger partial charge on any atom is 0.464 e. The molecule has 2 aliphatic carbocycles. The molecule has 206 valence electrons. The summed E-state index contributed by atoms with van der Waals surface area (Å²) in [6, 6.07) is 2.93. The molecule has 3 aliphatic rings. The molecule has 0 saturated carbocycles. The minimum absolute atomic E-state index is 0.190. The van der Waals surface area contributed by atoms with Crippen molar-refractivity contribution in [3.05, 3.63) is 40.6 Å². The summed E-state index contributed by atoms with van der Waals surface area (Å²) in [4.78, 5) is 12.9. The fourth-order valence-electron chi connectivity index (χ4n) is 5.57. The van der Waals surface area contributed by atoms with Crippen LogP contribution in [-0.4, -0.2) is 42.5 Å². The Kier molecular flexibility index (Phi) is 6.72. The van der Waals surface area contributed by atoms with Crippen LogP contribution in [0.5, 0.6) is 0 Å². The number of fused-ring (bicyclic) bond motifs is 2. The van der Waals surface area contributed by atoms with Crippen LogP contribution in [-0.2, 0) is 51.6 Å². The van der Waals surface area contributed by atoms with E-state index < -0.39 is 34.4 Å². The van der Waals surface area contributed by atoms with Gasteiger partial charge in [-0.25, -0.2) is 9.52 Å². The Balaban J connectivity index is 1.23. The third-order valence-electron chi connectivity index (χ3n) is 8.71. The first kappa shape index (κ1) is 27.2. The average Bonchev–Trinajstić information content (AvgIpc) is 3.58. The van der Waals surface area contributed by atoms with Crippen LogP contribution in [0.3, 0.4) is 0 Å². The van der Waals surface area contributed by atoms with Crippen LogP contribution in [0.15, 0.2) is 23.4 Å². The molecule has 2 aromatic rings. The van der Waals surface area contributed by atoms with E-state index >= 15 is 0 Å². The van der Waals surface area contributed by atoms with Crippen molar-refractivity contribution < 1.29 is 22.5 Å². The lowest BCUT2D eigenvalue weighted by Gasteiger charge is -2.32. The summed E-state index contributed by atoms with van der Waals surface area (Å²) >= 11 is 0. The summed E-state index contributed by atoms with van der Waals surface area (Å²) < 4.78 is 42.1. The minimum atomic E-state index is -4.13.